The van der Waals surface area contributed by atoms with E-state index >= 15 is 0 Å². The molecule has 26 heavy (non-hydrogen) atoms. The van der Waals surface area contributed by atoms with Crippen molar-refractivity contribution >= 4 is 16.9 Å². The van der Waals surface area contributed by atoms with Crippen LogP contribution in [0.2, 0.25) is 0 Å². The predicted molar refractivity (Wildman–Crippen MR) is 103 cm³/mol. The number of carbonyl (C=O) groups excluding carboxylic acids is 1. The summed E-state index contributed by atoms with van der Waals surface area (Å²) < 4.78 is 0. The SMILES string of the molecule is CC1CCCC(NC(=O)C2C[C@@H](O)CN2C)C1.c1ccc2[nH]cnc2c1. The minimum Gasteiger partial charge on any atom is -0.392 e. The summed E-state index contributed by atoms with van der Waals surface area (Å²) in [6.45, 7) is 2.86. The average Bonchev–Trinajstić information content (AvgIpc) is 3.21. The molecule has 0 bridgehead atoms. The number of hydrogen-bond acceptors (Lipinski definition) is 4. The van der Waals surface area contributed by atoms with Crippen molar-refractivity contribution in [3.05, 3.63) is 30.6 Å². The summed E-state index contributed by atoms with van der Waals surface area (Å²) in [7, 11) is 1.91. The molecule has 2 fully saturated rings. The van der Waals surface area contributed by atoms with Crippen LogP contribution in [-0.4, -0.2) is 57.7 Å². The highest BCUT2D eigenvalue weighted by atomic mass is 16.3. The number of β-amino-alcohol motifs (C(OH)–C–C–N with tert-alkyl or cyclic N) is 1. The fourth-order valence-corrected chi connectivity index (χ4v) is 4.02. The van der Waals surface area contributed by atoms with Gasteiger partial charge in [0.25, 0.3) is 0 Å². The van der Waals surface area contributed by atoms with Crippen molar-refractivity contribution in [2.24, 2.45) is 5.92 Å². The molecule has 142 valence electrons. The highest BCUT2D eigenvalue weighted by Crippen LogP contribution is 2.24. The number of rotatable bonds is 2. The van der Waals surface area contributed by atoms with E-state index in [9.17, 15) is 9.90 Å². The fourth-order valence-electron chi connectivity index (χ4n) is 4.02. The van der Waals surface area contributed by atoms with Crippen LogP contribution in [0.1, 0.15) is 39.0 Å². The first kappa shape index (κ1) is 18.9. The molecule has 2 aromatic rings. The van der Waals surface area contributed by atoms with E-state index in [2.05, 4.69) is 22.2 Å². The molecule has 1 aliphatic heterocycles. The lowest BCUT2D eigenvalue weighted by Gasteiger charge is -2.29. The number of aromatic amines is 1. The maximum absolute atomic E-state index is 12.1. The van der Waals surface area contributed by atoms with Crippen molar-refractivity contribution < 1.29 is 9.90 Å². The number of benzene rings is 1. The normalized spacial score (nSPS) is 29.2. The molecule has 6 heteroatoms. The first-order chi connectivity index (χ1) is 12.5. The Balaban J connectivity index is 0.000000181. The van der Waals surface area contributed by atoms with E-state index in [0.717, 1.165) is 29.8 Å². The fraction of sp³-hybridized carbons (Fsp3) is 0.600. The number of likely N-dealkylation sites (N-methyl/N-ethyl adjacent to an activating group) is 1. The van der Waals surface area contributed by atoms with Crippen molar-refractivity contribution in [2.75, 3.05) is 13.6 Å². The first-order valence-electron chi connectivity index (χ1n) is 9.59. The zero-order valence-electron chi connectivity index (χ0n) is 15.7. The summed E-state index contributed by atoms with van der Waals surface area (Å²) in [5.74, 6) is 0.823. The number of hydrogen-bond donors (Lipinski definition) is 3. The Hall–Kier alpha value is -1.92. The molecule has 3 unspecified atom stereocenters. The summed E-state index contributed by atoms with van der Waals surface area (Å²) in [6.07, 6.45) is 6.64. The number of nitrogens with one attached hydrogen (secondary N) is 2. The van der Waals surface area contributed by atoms with Crippen molar-refractivity contribution in [3.63, 3.8) is 0 Å². The van der Waals surface area contributed by atoms with Gasteiger partial charge in [0.1, 0.15) is 0 Å². The molecule has 0 radical (unpaired) electrons. The van der Waals surface area contributed by atoms with E-state index in [0.29, 0.717) is 19.0 Å². The van der Waals surface area contributed by atoms with Crippen molar-refractivity contribution in [2.45, 2.75) is 57.2 Å². The molecule has 2 aliphatic rings. The molecule has 1 aliphatic carbocycles. The Kier molecular flexibility index (Phi) is 6.27. The number of amides is 1. The van der Waals surface area contributed by atoms with E-state index in [4.69, 9.17) is 0 Å². The third-order valence-electron chi connectivity index (χ3n) is 5.44. The quantitative estimate of drug-likeness (QED) is 0.769. The smallest absolute Gasteiger partial charge is 0.237 e. The molecule has 6 nitrogen and oxygen atoms in total. The number of imidazole rings is 1. The second-order valence-corrected chi connectivity index (χ2v) is 7.74. The van der Waals surface area contributed by atoms with Gasteiger partial charge < -0.3 is 15.4 Å². The van der Waals surface area contributed by atoms with Crippen LogP contribution in [0.4, 0.5) is 0 Å². The Morgan fingerprint density at radius 3 is 2.81 bits per heavy atom. The lowest BCUT2D eigenvalue weighted by molar-refractivity contribution is -0.126. The minimum atomic E-state index is -0.346. The molecule has 1 aromatic carbocycles. The van der Waals surface area contributed by atoms with Gasteiger partial charge in [-0.2, -0.15) is 0 Å². The predicted octanol–water partition coefficient (Wildman–Crippen LogP) is 2.31. The van der Waals surface area contributed by atoms with Gasteiger partial charge in [-0.3, -0.25) is 9.69 Å². The maximum atomic E-state index is 12.1. The number of aliphatic hydroxyl groups excluding tert-OH is 1. The summed E-state index contributed by atoms with van der Waals surface area (Å²) >= 11 is 0. The van der Waals surface area contributed by atoms with Crippen molar-refractivity contribution in [1.82, 2.24) is 20.2 Å². The van der Waals surface area contributed by atoms with E-state index < -0.39 is 0 Å². The Bertz CT molecular complexity index is 686. The number of para-hydroxylation sites is 2. The molecule has 4 rings (SSSR count). The zero-order valence-corrected chi connectivity index (χ0v) is 15.7. The molecule has 0 spiro atoms. The van der Waals surface area contributed by atoms with Crippen molar-refractivity contribution in [1.29, 1.82) is 0 Å². The minimum absolute atomic E-state index is 0.100. The number of carbonyl (C=O) groups is 1. The second-order valence-electron chi connectivity index (χ2n) is 7.74. The number of aromatic nitrogens is 2. The van der Waals surface area contributed by atoms with Gasteiger partial charge in [-0.05, 0) is 44.4 Å². The van der Waals surface area contributed by atoms with Crippen LogP contribution in [0.25, 0.3) is 11.0 Å². The topological polar surface area (TPSA) is 81.2 Å². The van der Waals surface area contributed by atoms with Crippen LogP contribution in [-0.2, 0) is 4.79 Å². The number of aliphatic hydroxyl groups is 1. The molecule has 4 atom stereocenters. The Morgan fingerprint density at radius 1 is 1.31 bits per heavy atom. The molecule has 3 N–H and O–H groups in total. The lowest BCUT2D eigenvalue weighted by Crippen LogP contribution is -2.47. The standard InChI is InChI=1S/C13H24N2O2.C7H6N2/c1-9-4-3-5-10(6-9)14-13(17)12-7-11(16)8-15(12)2;1-2-4-7-6(3-1)8-5-9-7/h9-12,16H,3-8H2,1-2H3,(H,14,17);1-5H,(H,8,9)/t9?,10?,11-,12?;/m1./s1. The molecule has 2 heterocycles. The van der Waals surface area contributed by atoms with Gasteiger partial charge in [0.2, 0.25) is 5.91 Å². The van der Waals surface area contributed by atoms with Gasteiger partial charge in [-0.25, -0.2) is 4.98 Å². The van der Waals surface area contributed by atoms with Crippen LogP contribution in [0.5, 0.6) is 0 Å². The number of H-pyrrole nitrogens is 1. The zero-order chi connectivity index (χ0) is 18.5. The van der Waals surface area contributed by atoms with Crippen LogP contribution < -0.4 is 5.32 Å². The first-order valence-corrected chi connectivity index (χ1v) is 9.59. The summed E-state index contributed by atoms with van der Waals surface area (Å²) in [5, 5.41) is 12.7. The summed E-state index contributed by atoms with van der Waals surface area (Å²) in [6, 6.07) is 8.15. The molecule has 1 aromatic heterocycles. The number of nitrogens with zero attached hydrogens (tertiary/aromatic N) is 2. The van der Waals surface area contributed by atoms with Crippen LogP contribution in [0.15, 0.2) is 30.6 Å². The van der Waals surface area contributed by atoms with E-state index in [1.807, 2.05) is 36.2 Å². The second kappa shape index (κ2) is 8.64. The summed E-state index contributed by atoms with van der Waals surface area (Å²) in [5.41, 5.74) is 2.12. The van der Waals surface area contributed by atoms with Crippen LogP contribution in [0.3, 0.4) is 0 Å². The third-order valence-corrected chi connectivity index (χ3v) is 5.44. The van der Waals surface area contributed by atoms with Gasteiger partial charge >= 0.3 is 0 Å². The lowest BCUT2D eigenvalue weighted by atomic mass is 9.87. The Labute approximate surface area is 155 Å². The average molecular weight is 358 g/mol. The monoisotopic (exact) mass is 358 g/mol. The molecule has 1 saturated heterocycles. The molecular weight excluding hydrogens is 328 g/mol. The Morgan fingerprint density at radius 2 is 2.12 bits per heavy atom. The third kappa shape index (κ3) is 4.83. The van der Waals surface area contributed by atoms with E-state index in [1.165, 1.54) is 12.8 Å². The van der Waals surface area contributed by atoms with Gasteiger partial charge in [0.05, 0.1) is 29.5 Å². The van der Waals surface area contributed by atoms with Crippen molar-refractivity contribution in [3.8, 4) is 0 Å². The summed E-state index contributed by atoms with van der Waals surface area (Å²) in [4.78, 5) is 21.1. The van der Waals surface area contributed by atoms with Crippen LogP contribution in [0, 0.1) is 5.92 Å². The highest BCUT2D eigenvalue weighted by Gasteiger charge is 2.34. The van der Waals surface area contributed by atoms with Gasteiger partial charge in [-0.15, -0.1) is 0 Å². The molecular formula is C20H30N4O2. The van der Waals surface area contributed by atoms with Gasteiger partial charge in [0, 0.05) is 12.6 Å². The number of likely N-dealkylation sites (tertiary alicyclic amines) is 1. The van der Waals surface area contributed by atoms with Gasteiger partial charge in [-0.1, -0.05) is 31.9 Å². The van der Waals surface area contributed by atoms with E-state index in [-0.39, 0.29) is 18.1 Å². The number of fused-ring (bicyclic) bond motifs is 1. The van der Waals surface area contributed by atoms with Gasteiger partial charge in [0.15, 0.2) is 0 Å². The highest BCUT2D eigenvalue weighted by molar-refractivity contribution is 5.82. The van der Waals surface area contributed by atoms with Crippen LogP contribution >= 0.6 is 0 Å². The largest absolute Gasteiger partial charge is 0.392 e. The molecule has 1 saturated carbocycles. The molecule has 1 amide bonds. The maximum Gasteiger partial charge on any atom is 0.237 e. The van der Waals surface area contributed by atoms with E-state index in [1.54, 1.807) is 6.33 Å².